The van der Waals surface area contributed by atoms with Crippen LogP contribution in [0.15, 0.2) is 23.1 Å². The van der Waals surface area contributed by atoms with Crippen molar-refractivity contribution < 1.29 is 13.2 Å². The lowest BCUT2D eigenvalue weighted by Crippen LogP contribution is -2.11. The van der Waals surface area contributed by atoms with Gasteiger partial charge in [0.1, 0.15) is 17.5 Å². The fourth-order valence-corrected chi connectivity index (χ4v) is 2.33. The summed E-state index contributed by atoms with van der Waals surface area (Å²) in [6.07, 6.45) is -2.95. The van der Waals surface area contributed by atoms with Crippen LogP contribution in [0.5, 0.6) is 0 Å². The number of benzene rings is 1. The maximum atomic E-state index is 13.3. The molecule has 5 nitrogen and oxygen atoms in total. The van der Waals surface area contributed by atoms with Gasteiger partial charge in [0.05, 0.1) is 11.3 Å². The fraction of sp³-hybridized carbons (Fsp3) is 0.154. The average Bonchev–Trinajstić information content (AvgIpc) is 2.45. The summed E-state index contributed by atoms with van der Waals surface area (Å²) in [7, 11) is 0. The number of alkyl halides is 3. The fourth-order valence-electron chi connectivity index (χ4n) is 1.89. The van der Waals surface area contributed by atoms with E-state index in [0.717, 1.165) is 6.07 Å². The van der Waals surface area contributed by atoms with Gasteiger partial charge >= 0.3 is 6.18 Å². The molecular formula is C13H10F3N5S. The van der Waals surface area contributed by atoms with E-state index in [1.807, 2.05) is 0 Å². The number of nitrogens with zero attached hydrogens (tertiary/aromatic N) is 3. The van der Waals surface area contributed by atoms with Crippen LogP contribution in [0.1, 0.15) is 11.1 Å². The van der Waals surface area contributed by atoms with Crippen LogP contribution < -0.4 is 11.5 Å². The van der Waals surface area contributed by atoms with Gasteiger partial charge in [0.2, 0.25) is 5.95 Å². The molecular weight excluding hydrogens is 315 g/mol. The first-order chi connectivity index (χ1) is 10.3. The van der Waals surface area contributed by atoms with Crippen molar-refractivity contribution in [2.45, 2.75) is 11.1 Å². The molecule has 0 fully saturated rings. The smallest absolute Gasteiger partial charge is 0.382 e. The third kappa shape index (κ3) is 2.92. The molecule has 2 aromatic rings. The summed E-state index contributed by atoms with van der Waals surface area (Å²) < 4.78 is 39.9. The maximum absolute atomic E-state index is 13.3. The Morgan fingerprint density at radius 2 is 1.91 bits per heavy atom. The first-order valence-electron chi connectivity index (χ1n) is 5.86. The van der Waals surface area contributed by atoms with E-state index in [-0.39, 0.29) is 28.6 Å². The van der Waals surface area contributed by atoms with Gasteiger partial charge in [0, 0.05) is 10.5 Å². The molecule has 0 bridgehead atoms. The highest BCUT2D eigenvalue weighted by Crippen LogP contribution is 2.40. The van der Waals surface area contributed by atoms with E-state index in [9.17, 15) is 13.2 Å². The van der Waals surface area contributed by atoms with Crippen molar-refractivity contribution in [2.75, 3.05) is 17.7 Å². The second-order valence-electron chi connectivity index (χ2n) is 4.21. The van der Waals surface area contributed by atoms with Crippen molar-refractivity contribution >= 4 is 23.5 Å². The van der Waals surface area contributed by atoms with Gasteiger partial charge in [-0.2, -0.15) is 23.4 Å². The predicted molar refractivity (Wildman–Crippen MR) is 77.8 cm³/mol. The molecule has 22 heavy (non-hydrogen) atoms. The van der Waals surface area contributed by atoms with Crippen LogP contribution >= 0.6 is 11.8 Å². The average molecular weight is 325 g/mol. The third-order valence-corrected chi connectivity index (χ3v) is 3.58. The van der Waals surface area contributed by atoms with E-state index in [1.165, 1.54) is 23.9 Å². The highest BCUT2D eigenvalue weighted by atomic mass is 32.2. The molecule has 1 heterocycles. The summed E-state index contributed by atoms with van der Waals surface area (Å²) in [5, 5.41) is 9.11. The maximum Gasteiger partial charge on any atom is 0.417 e. The minimum atomic E-state index is -4.61. The zero-order valence-corrected chi connectivity index (χ0v) is 12.1. The lowest BCUT2D eigenvalue weighted by Gasteiger charge is -2.15. The van der Waals surface area contributed by atoms with Crippen LogP contribution in [0.2, 0.25) is 0 Å². The van der Waals surface area contributed by atoms with Gasteiger partial charge < -0.3 is 11.5 Å². The molecule has 0 aliphatic carbocycles. The number of halogens is 3. The molecule has 0 amide bonds. The van der Waals surface area contributed by atoms with Crippen molar-refractivity contribution in [1.82, 2.24) is 9.97 Å². The van der Waals surface area contributed by atoms with Gasteiger partial charge in [-0.05, 0) is 18.4 Å². The molecule has 0 spiro atoms. The zero-order chi connectivity index (χ0) is 16.5. The molecule has 0 aliphatic heterocycles. The molecule has 114 valence electrons. The van der Waals surface area contributed by atoms with Gasteiger partial charge in [0.25, 0.3) is 0 Å². The van der Waals surface area contributed by atoms with E-state index >= 15 is 0 Å². The number of anilines is 2. The molecule has 0 atom stereocenters. The molecule has 0 unspecified atom stereocenters. The number of hydrogen-bond donors (Lipinski definition) is 2. The number of rotatable bonds is 2. The Balaban J connectivity index is 2.81. The molecule has 0 saturated heterocycles. The number of nitrogens with two attached hydrogens (primary N) is 2. The normalized spacial score (nSPS) is 11.2. The lowest BCUT2D eigenvalue weighted by atomic mass is 10.0. The first-order valence-corrected chi connectivity index (χ1v) is 7.09. The zero-order valence-electron chi connectivity index (χ0n) is 11.3. The molecule has 2 rings (SSSR count). The molecule has 0 aliphatic rings. The van der Waals surface area contributed by atoms with Crippen molar-refractivity contribution in [1.29, 1.82) is 5.26 Å². The van der Waals surface area contributed by atoms with E-state index in [2.05, 4.69) is 9.97 Å². The quantitative estimate of drug-likeness (QED) is 0.823. The summed E-state index contributed by atoms with van der Waals surface area (Å²) in [6.45, 7) is 0. The summed E-state index contributed by atoms with van der Waals surface area (Å²) in [4.78, 5) is 7.79. The number of hydrogen-bond acceptors (Lipinski definition) is 6. The topological polar surface area (TPSA) is 102 Å². The van der Waals surface area contributed by atoms with Crippen molar-refractivity contribution in [3.05, 3.63) is 29.3 Å². The first kappa shape index (κ1) is 15.9. The van der Waals surface area contributed by atoms with Crippen LogP contribution in [-0.4, -0.2) is 16.2 Å². The Morgan fingerprint density at radius 3 is 2.45 bits per heavy atom. The molecule has 9 heteroatoms. The van der Waals surface area contributed by atoms with Crippen LogP contribution in [-0.2, 0) is 6.18 Å². The van der Waals surface area contributed by atoms with Gasteiger partial charge in [0.15, 0.2) is 0 Å². The molecule has 1 aromatic carbocycles. The van der Waals surface area contributed by atoms with E-state index in [1.54, 1.807) is 12.3 Å². The largest absolute Gasteiger partial charge is 0.417 e. The van der Waals surface area contributed by atoms with E-state index in [4.69, 9.17) is 16.7 Å². The summed E-state index contributed by atoms with van der Waals surface area (Å²) in [5.41, 5.74) is 9.35. The predicted octanol–water partition coefficient (Wildman–Crippen LogP) is 2.92. The third-order valence-electron chi connectivity index (χ3n) is 2.85. The van der Waals surface area contributed by atoms with Crippen LogP contribution in [0.3, 0.4) is 0 Å². The SMILES string of the molecule is CSc1ccc(-c2nc(N)nc(N)c2C#N)c(C(F)(F)F)c1. The van der Waals surface area contributed by atoms with Gasteiger partial charge in [-0.3, -0.25) is 0 Å². The van der Waals surface area contributed by atoms with Gasteiger partial charge in [-0.25, -0.2) is 4.98 Å². The molecule has 1 aromatic heterocycles. The van der Waals surface area contributed by atoms with Crippen LogP contribution in [0, 0.1) is 11.3 Å². The number of thioether (sulfide) groups is 1. The Morgan fingerprint density at radius 1 is 1.23 bits per heavy atom. The van der Waals surface area contributed by atoms with Gasteiger partial charge in [-0.1, -0.05) is 6.07 Å². The summed E-state index contributed by atoms with van der Waals surface area (Å²) in [6, 6.07) is 5.47. The van der Waals surface area contributed by atoms with Gasteiger partial charge in [-0.15, -0.1) is 11.8 Å². The number of aromatic nitrogens is 2. The minimum Gasteiger partial charge on any atom is -0.382 e. The van der Waals surface area contributed by atoms with Crippen molar-refractivity contribution in [3.8, 4) is 17.3 Å². The Labute approximate surface area is 128 Å². The van der Waals surface area contributed by atoms with Crippen molar-refractivity contribution in [2.24, 2.45) is 0 Å². The van der Waals surface area contributed by atoms with Crippen LogP contribution in [0.4, 0.5) is 24.9 Å². The standard InChI is InChI=1S/C13H10F3N5S/c1-22-6-2-3-7(9(4-6)13(14,15)16)10-8(5-17)11(18)21-12(19)20-10/h2-4H,1H3,(H4,18,19,20,21). The van der Waals surface area contributed by atoms with Crippen molar-refractivity contribution in [3.63, 3.8) is 0 Å². The highest BCUT2D eigenvalue weighted by molar-refractivity contribution is 7.98. The Kier molecular flexibility index (Phi) is 4.14. The monoisotopic (exact) mass is 325 g/mol. The molecule has 0 radical (unpaired) electrons. The Bertz CT molecular complexity index is 767. The van der Waals surface area contributed by atoms with Crippen LogP contribution in [0.25, 0.3) is 11.3 Å². The lowest BCUT2D eigenvalue weighted by molar-refractivity contribution is -0.137. The number of nitriles is 1. The summed E-state index contributed by atoms with van der Waals surface area (Å²) in [5.74, 6) is -0.555. The molecule has 0 saturated carbocycles. The summed E-state index contributed by atoms with van der Waals surface area (Å²) >= 11 is 1.17. The second kappa shape index (κ2) is 5.73. The minimum absolute atomic E-state index is 0.229. The van der Waals surface area contributed by atoms with E-state index in [0.29, 0.717) is 4.90 Å². The van der Waals surface area contributed by atoms with E-state index < -0.39 is 11.7 Å². The Hall–Kier alpha value is -2.47. The highest BCUT2D eigenvalue weighted by Gasteiger charge is 2.35. The number of nitrogen functional groups attached to an aromatic ring is 2. The second-order valence-corrected chi connectivity index (χ2v) is 5.09. The molecule has 4 N–H and O–H groups in total.